The zero-order chi connectivity index (χ0) is 9.99. The van der Waals surface area contributed by atoms with Crippen molar-refractivity contribution < 1.29 is 0 Å². The molecule has 0 aliphatic heterocycles. The van der Waals surface area contributed by atoms with E-state index in [2.05, 4.69) is 29.7 Å². The van der Waals surface area contributed by atoms with Crippen LogP contribution in [0, 0.1) is 6.92 Å². The molecule has 2 aromatic heterocycles. The van der Waals surface area contributed by atoms with Crippen LogP contribution in [0.2, 0.25) is 0 Å². The summed E-state index contributed by atoms with van der Waals surface area (Å²) in [5, 5.41) is 0. The highest BCUT2D eigenvalue weighted by Gasteiger charge is 2.40. The Morgan fingerprint density at radius 3 is 3.13 bits per heavy atom. The van der Waals surface area contributed by atoms with E-state index in [0.717, 1.165) is 11.8 Å². The third-order valence-corrected chi connectivity index (χ3v) is 4.12. The topological polar surface area (TPSA) is 17.3 Å². The Bertz CT molecular complexity index is 553. The summed E-state index contributed by atoms with van der Waals surface area (Å²) >= 11 is 0. The van der Waals surface area contributed by atoms with Crippen molar-refractivity contribution in [3.8, 4) is 0 Å². The van der Waals surface area contributed by atoms with Crippen LogP contribution in [0.1, 0.15) is 48.0 Å². The molecule has 76 valence electrons. The van der Waals surface area contributed by atoms with Crippen LogP contribution >= 0.6 is 0 Å². The van der Waals surface area contributed by atoms with Crippen molar-refractivity contribution in [1.29, 1.82) is 0 Å². The summed E-state index contributed by atoms with van der Waals surface area (Å²) in [6.45, 7) is 2.15. The van der Waals surface area contributed by atoms with Gasteiger partial charge in [0.05, 0.1) is 5.69 Å². The quantitative estimate of drug-likeness (QED) is 0.636. The first kappa shape index (κ1) is 7.91. The first-order valence-electron chi connectivity index (χ1n) is 5.82. The van der Waals surface area contributed by atoms with E-state index in [-0.39, 0.29) is 0 Å². The first-order chi connectivity index (χ1) is 7.34. The van der Waals surface area contributed by atoms with Gasteiger partial charge in [-0.2, -0.15) is 0 Å². The highest BCUT2D eigenvalue weighted by Crippen LogP contribution is 2.52. The normalized spacial score (nSPS) is 27.5. The standard InChI is InChI=1S/C13H14N2/c1-8-3-2-6-15-12-10-5-4-9(7-10)11(12)14-13(8)15/h2-3,6,9-10H,4-5,7H2,1H3. The Balaban J connectivity index is 2.13. The molecule has 2 unspecified atom stereocenters. The maximum Gasteiger partial charge on any atom is 0.140 e. The van der Waals surface area contributed by atoms with Gasteiger partial charge in [0.15, 0.2) is 0 Å². The summed E-state index contributed by atoms with van der Waals surface area (Å²) in [6.07, 6.45) is 6.27. The summed E-state index contributed by atoms with van der Waals surface area (Å²) in [5.41, 5.74) is 5.40. The van der Waals surface area contributed by atoms with E-state index in [1.165, 1.54) is 41.9 Å². The summed E-state index contributed by atoms with van der Waals surface area (Å²) in [5.74, 6) is 1.56. The SMILES string of the molecule is Cc1cccn2c3c(nc12)C1CCC3C1. The van der Waals surface area contributed by atoms with Gasteiger partial charge in [-0.3, -0.25) is 0 Å². The molecule has 0 saturated heterocycles. The van der Waals surface area contributed by atoms with Crippen LogP contribution in [-0.4, -0.2) is 9.38 Å². The van der Waals surface area contributed by atoms with Crippen LogP contribution in [0.5, 0.6) is 0 Å². The van der Waals surface area contributed by atoms with Crippen molar-refractivity contribution in [2.75, 3.05) is 0 Å². The summed E-state index contributed by atoms with van der Waals surface area (Å²) in [7, 11) is 0. The molecule has 2 aliphatic carbocycles. The second-order valence-corrected chi connectivity index (χ2v) is 4.97. The van der Waals surface area contributed by atoms with E-state index in [0.29, 0.717) is 0 Å². The molecule has 0 N–H and O–H groups in total. The maximum absolute atomic E-state index is 4.84. The Morgan fingerprint density at radius 2 is 2.20 bits per heavy atom. The molecule has 15 heavy (non-hydrogen) atoms. The number of imidazole rings is 1. The molecule has 2 aliphatic rings. The van der Waals surface area contributed by atoms with Gasteiger partial charge in [0.2, 0.25) is 0 Å². The van der Waals surface area contributed by atoms with Crippen LogP contribution in [0.3, 0.4) is 0 Å². The van der Waals surface area contributed by atoms with Gasteiger partial charge in [-0.25, -0.2) is 4.98 Å². The van der Waals surface area contributed by atoms with Gasteiger partial charge < -0.3 is 4.40 Å². The highest BCUT2D eigenvalue weighted by molar-refractivity contribution is 5.53. The van der Waals surface area contributed by atoms with Gasteiger partial charge in [-0.05, 0) is 37.8 Å². The zero-order valence-electron chi connectivity index (χ0n) is 8.90. The number of rotatable bonds is 0. The van der Waals surface area contributed by atoms with E-state index in [1.54, 1.807) is 0 Å². The molecule has 1 fully saturated rings. The number of aromatic nitrogens is 2. The average molecular weight is 198 g/mol. The molecule has 0 aromatic carbocycles. The number of fused-ring (bicyclic) bond motifs is 7. The molecule has 2 atom stereocenters. The maximum atomic E-state index is 4.84. The van der Waals surface area contributed by atoms with Crippen molar-refractivity contribution >= 4 is 5.65 Å². The monoisotopic (exact) mass is 198 g/mol. The lowest BCUT2D eigenvalue weighted by Crippen LogP contribution is -1.99. The Kier molecular flexibility index (Phi) is 1.28. The predicted molar refractivity (Wildman–Crippen MR) is 59.3 cm³/mol. The van der Waals surface area contributed by atoms with Crippen LogP contribution in [0.15, 0.2) is 18.3 Å². The molecular formula is C13H14N2. The van der Waals surface area contributed by atoms with Gasteiger partial charge in [0.1, 0.15) is 5.65 Å². The molecular weight excluding hydrogens is 184 g/mol. The number of hydrogen-bond acceptors (Lipinski definition) is 1. The van der Waals surface area contributed by atoms with Gasteiger partial charge in [-0.1, -0.05) is 6.07 Å². The summed E-state index contributed by atoms with van der Waals surface area (Å²) < 4.78 is 2.33. The Morgan fingerprint density at radius 1 is 1.33 bits per heavy atom. The van der Waals surface area contributed by atoms with Crippen LogP contribution in [0.4, 0.5) is 0 Å². The number of hydrogen-bond donors (Lipinski definition) is 0. The lowest BCUT2D eigenvalue weighted by atomic mass is 10.0. The minimum Gasteiger partial charge on any atom is -0.303 e. The van der Waals surface area contributed by atoms with E-state index in [4.69, 9.17) is 4.98 Å². The molecule has 2 bridgehead atoms. The largest absolute Gasteiger partial charge is 0.303 e. The average Bonchev–Trinajstić information content (AvgIpc) is 2.87. The van der Waals surface area contributed by atoms with Gasteiger partial charge in [0, 0.05) is 23.7 Å². The van der Waals surface area contributed by atoms with E-state index < -0.39 is 0 Å². The van der Waals surface area contributed by atoms with Gasteiger partial charge >= 0.3 is 0 Å². The van der Waals surface area contributed by atoms with Crippen molar-refractivity contribution in [1.82, 2.24) is 9.38 Å². The molecule has 0 amide bonds. The lowest BCUT2D eigenvalue weighted by Gasteiger charge is -2.09. The summed E-state index contributed by atoms with van der Waals surface area (Å²) in [6, 6.07) is 4.29. The molecule has 2 nitrogen and oxygen atoms in total. The minimum absolute atomic E-state index is 0.768. The van der Waals surface area contributed by atoms with Crippen LogP contribution in [0.25, 0.3) is 5.65 Å². The third kappa shape index (κ3) is 0.834. The van der Waals surface area contributed by atoms with Crippen molar-refractivity contribution in [3.05, 3.63) is 35.3 Å². The molecule has 1 saturated carbocycles. The van der Waals surface area contributed by atoms with Gasteiger partial charge in [-0.15, -0.1) is 0 Å². The lowest BCUT2D eigenvalue weighted by molar-refractivity contribution is 0.690. The van der Waals surface area contributed by atoms with E-state index >= 15 is 0 Å². The molecule has 2 heterocycles. The smallest absolute Gasteiger partial charge is 0.140 e. The second-order valence-electron chi connectivity index (χ2n) is 4.97. The predicted octanol–water partition coefficient (Wildman–Crippen LogP) is 3.01. The number of nitrogens with zero attached hydrogens (tertiary/aromatic N) is 2. The van der Waals surface area contributed by atoms with Crippen molar-refractivity contribution in [2.45, 2.75) is 38.0 Å². The highest BCUT2D eigenvalue weighted by atomic mass is 15.0. The molecule has 4 rings (SSSR count). The number of aryl methyl sites for hydroxylation is 1. The van der Waals surface area contributed by atoms with Gasteiger partial charge in [0.25, 0.3) is 0 Å². The minimum atomic E-state index is 0.768. The van der Waals surface area contributed by atoms with E-state index in [9.17, 15) is 0 Å². The molecule has 0 spiro atoms. The third-order valence-electron chi connectivity index (χ3n) is 4.12. The van der Waals surface area contributed by atoms with E-state index in [1.807, 2.05) is 0 Å². The second kappa shape index (κ2) is 2.43. The summed E-state index contributed by atoms with van der Waals surface area (Å²) in [4.78, 5) is 4.84. The first-order valence-corrected chi connectivity index (χ1v) is 5.82. The van der Waals surface area contributed by atoms with Crippen LogP contribution < -0.4 is 0 Å². The van der Waals surface area contributed by atoms with Crippen LogP contribution in [-0.2, 0) is 0 Å². The Labute approximate surface area is 88.9 Å². The Hall–Kier alpha value is -1.31. The fourth-order valence-electron chi connectivity index (χ4n) is 3.42. The van der Waals surface area contributed by atoms with Crippen molar-refractivity contribution in [3.63, 3.8) is 0 Å². The fraction of sp³-hybridized carbons (Fsp3) is 0.462. The zero-order valence-corrected chi connectivity index (χ0v) is 8.90. The fourth-order valence-corrected chi connectivity index (χ4v) is 3.42. The molecule has 2 heteroatoms. The van der Waals surface area contributed by atoms with Crippen molar-refractivity contribution in [2.24, 2.45) is 0 Å². The number of pyridine rings is 1. The molecule has 0 radical (unpaired) electrons. The molecule has 2 aromatic rings.